The summed E-state index contributed by atoms with van der Waals surface area (Å²) in [5.41, 5.74) is 2.57. The van der Waals surface area contributed by atoms with E-state index in [0.717, 1.165) is 11.1 Å². The van der Waals surface area contributed by atoms with Gasteiger partial charge in [0.05, 0.1) is 0 Å². The van der Waals surface area contributed by atoms with E-state index in [-0.39, 0.29) is 6.61 Å². The van der Waals surface area contributed by atoms with E-state index in [0.29, 0.717) is 5.69 Å². The standard InChI is InChI=1S/C14H14N2O2/c1-11-9-15-8-7-13(11)16-14(17)18-10-12-5-3-2-4-6-12/h2-9H,10H2,1H3,(H,15,16,17). The van der Waals surface area contributed by atoms with Crippen molar-refractivity contribution < 1.29 is 9.53 Å². The Labute approximate surface area is 106 Å². The van der Waals surface area contributed by atoms with Crippen LogP contribution in [0, 0.1) is 6.92 Å². The van der Waals surface area contributed by atoms with Crippen LogP contribution in [0.1, 0.15) is 11.1 Å². The topological polar surface area (TPSA) is 51.2 Å². The van der Waals surface area contributed by atoms with Crippen molar-refractivity contribution in [2.45, 2.75) is 13.5 Å². The summed E-state index contributed by atoms with van der Waals surface area (Å²) in [7, 11) is 0. The number of aryl methyl sites for hydroxylation is 1. The predicted octanol–water partition coefficient (Wildman–Crippen LogP) is 3.14. The van der Waals surface area contributed by atoms with Crippen molar-refractivity contribution in [1.82, 2.24) is 4.98 Å². The Morgan fingerprint density at radius 2 is 2.06 bits per heavy atom. The van der Waals surface area contributed by atoms with Gasteiger partial charge in [-0.15, -0.1) is 0 Å². The van der Waals surface area contributed by atoms with Gasteiger partial charge in [-0.1, -0.05) is 30.3 Å². The molecule has 1 N–H and O–H groups in total. The molecule has 4 heteroatoms. The molecule has 0 aliphatic carbocycles. The van der Waals surface area contributed by atoms with Crippen LogP contribution in [0.25, 0.3) is 0 Å². The third kappa shape index (κ3) is 3.31. The average molecular weight is 242 g/mol. The Balaban J connectivity index is 1.88. The summed E-state index contributed by atoms with van der Waals surface area (Å²) >= 11 is 0. The molecule has 1 amide bonds. The van der Waals surface area contributed by atoms with Crippen LogP contribution >= 0.6 is 0 Å². The first-order chi connectivity index (χ1) is 8.75. The molecule has 2 rings (SSSR count). The van der Waals surface area contributed by atoms with Gasteiger partial charge in [0.15, 0.2) is 0 Å². The lowest BCUT2D eigenvalue weighted by atomic mass is 10.2. The maximum absolute atomic E-state index is 11.6. The number of anilines is 1. The number of carbonyl (C=O) groups excluding carboxylic acids is 1. The summed E-state index contributed by atoms with van der Waals surface area (Å²) in [4.78, 5) is 15.5. The van der Waals surface area contributed by atoms with Gasteiger partial charge in [-0.2, -0.15) is 0 Å². The molecule has 92 valence electrons. The van der Waals surface area contributed by atoms with Gasteiger partial charge < -0.3 is 4.74 Å². The molecule has 0 bridgehead atoms. The molecule has 0 atom stereocenters. The van der Waals surface area contributed by atoms with Gasteiger partial charge >= 0.3 is 6.09 Å². The molecule has 1 aromatic carbocycles. The van der Waals surface area contributed by atoms with E-state index < -0.39 is 6.09 Å². The molecule has 0 fully saturated rings. The van der Waals surface area contributed by atoms with Gasteiger partial charge in [-0.25, -0.2) is 4.79 Å². The van der Waals surface area contributed by atoms with Crippen molar-refractivity contribution in [2.75, 3.05) is 5.32 Å². The molecule has 0 aliphatic rings. The van der Waals surface area contributed by atoms with E-state index in [4.69, 9.17) is 4.74 Å². The monoisotopic (exact) mass is 242 g/mol. The molecule has 1 aromatic heterocycles. The Hall–Kier alpha value is -2.36. The molecule has 2 aromatic rings. The SMILES string of the molecule is Cc1cnccc1NC(=O)OCc1ccccc1. The number of ether oxygens (including phenoxy) is 1. The van der Waals surface area contributed by atoms with Crippen LogP contribution in [0.5, 0.6) is 0 Å². The molecular weight excluding hydrogens is 228 g/mol. The maximum Gasteiger partial charge on any atom is 0.411 e. The average Bonchev–Trinajstić information content (AvgIpc) is 2.40. The van der Waals surface area contributed by atoms with Crippen LogP contribution in [0.4, 0.5) is 10.5 Å². The zero-order valence-electron chi connectivity index (χ0n) is 10.1. The fourth-order valence-electron chi connectivity index (χ4n) is 1.48. The summed E-state index contributed by atoms with van der Waals surface area (Å²) in [6.07, 6.45) is 2.85. The normalized spacial score (nSPS) is 9.83. The van der Waals surface area contributed by atoms with Crippen LogP contribution < -0.4 is 5.32 Å². The number of amides is 1. The van der Waals surface area contributed by atoms with Gasteiger partial charge in [-0.3, -0.25) is 10.3 Å². The first-order valence-corrected chi connectivity index (χ1v) is 5.64. The van der Waals surface area contributed by atoms with E-state index in [2.05, 4.69) is 10.3 Å². The summed E-state index contributed by atoms with van der Waals surface area (Å²) < 4.78 is 5.12. The number of hydrogen-bond acceptors (Lipinski definition) is 3. The summed E-state index contributed by atoms with van der Waals surface area (Å²) in [6.45, 7) is 2.14. The third-order valence-corrected chi connectivity index (χ3v) is 2.47. The highest BCUT2D eigenvalue weighted by atomic mass is 16.5. The van der Waals surface area contributed by atoms with Gasteiger partial charge in [0.1, 0.15) is 6.61 Å². The highest BCUT2D eigenvalue weighted by Crippen LogP contribution is 2.12. The van der Waals surface area contributed by atoms with E-state index in [1.807, 2.05) is 37.3 Å². The molecule has 0 unspecified atom stereocenters. The number of nitrogens with zero attached hydrogens (tertiary/aromatic N) is 1. The van der Waals surface area contributed by atoms with E-state index in [9.17, 15) is 4.79 Å². The first-order valence-electron chi connectivity index (χ1n) is 5.64. The lowest BCUT2D eigenvalue weighted by Gasteiger charge is -2.08. The number of nitrogens with one attached hydrogen (secondary N) is 1. The maximum atomic E-state index is 11.6. The molecule has 0 spiro atoms. The van der Waals surface area contributed by atoms with Crippen LogP contribution in [0.15, 0.2) is 48.8 Å². The minimum absolute atomic E-state index is 0.261. The van der Waals surface area contributed by atoms with Crippen LogP contribution in [0.2, 0.25) is 0 Å². The molecule has 0 saturated carbocycles. The van der Waals surface area contributed by atoms with Crippen LogP contribution in [0.3, 0.4) is 0 Å². The third-order valence-electron chi connectivity index (χ3n) is 2.47. The number of aromatic nitrogens is 1. The van der Waals surface area contributed by atoms with Gasteiger partial charge in [0.2, 0.25) is 0 Å². The fraction of sp³-hybridized carbons (Fsp3) is 0.143. The highest BCUT2D eigenvalue weighted by Gasteiger charge is 2.05. The van der Waals surface area contributed by atoms with Crippen molar-refractivity contribution in [1.29, 1.82) is 0 Å². The number of pyridine rings is 1. The minimum atomic E-state index is -0.465. The number of rotatable bonds is 3. The van der Waals surface area contributed by atoms with Gasteiger partial charge in [-0.05, 0) is 24.1 Å². The second-order valence-electron chi connectivity index (χ2n) is 3.88. The second-order valence-corrected chi connectivity index (χ2v) is 3.88. The fourth-order valence-corrected chi connectivity index (χ4v) is 1.48. The van der Waals surface area contributed by atoms with E-state index in [1.165, 1.54) is 0 Å². The number of carbonyl (C=O) groups is 1. The zero-order chi connectivity index (χ0) is 12.8. The molecule has 18 heavy (non-hydrogen) atoms. The first kappa shape index (κ1) is 12.1. The van der Waals surface area contributed by atoms with Crippen molar-refractivity contribution in [3.8, 4) is 0 Å². The van der Waals surface area contributed by atoms with Crippen LogP contribution in [-0.2, 0) is 11.3 Å². The lowest BCUT2D eigenvalue weighted by molar-refractivity contribution is 0.155. The predicted molar refractivity (Wildman–Crippen MR) is 69.2 cm³/mol. The Bertz CT molecular complexity index is 526. The van der Waals surface area contributed by atoms with Crippen LogP contribution in [-0.4, -0.2) is 11.1 Å². The smallest absolute Gasteiger partial charge is 0.411 e. The van der Waals surface area contributed by atoms with Gasteiger partial charge in [0, 0.05) is 18.1 Å². The summed E-state index contributed by atoms with van der Waals surface area (Å²) in [5, 5.41) is 2.68. The Morgan fingerprint density at radius 3 is 2.78 bits per heavy atom. The lowest BCUT2D eigenvalue weighted by Crippen LogP contribution is -2.14. The minimum Gasteiger partial charge on any atom is -0.444 e. The van der Waals surface area contributed by atoms with Crippen molar-refractivity contribution in [3.05, 3.63) is 59.9 Å². The molecule has 0 saturated heterocycles. The molecular formula is C14H14N2O2. The second kappa shape index (κ2) is 5.82. The Morgan fingerprint density at radius 1 is 1.28 bits per heavy atom. The number of hydrogen-bond donors (Lipinski definition) is 1. The van der Waals surface area contributed by atoms with Crippen molar-refractivity contribution in [3.63, 3.8) is 0 Å². The van der Waals surface area contributed by atoms with E-state index in [1.54, 1.807) is 18.5 Å². The molecule has 0 aliphatic heterocycles. The van der Waals surface area contributed by atoms with E-state index >= 15 is 0 Å². The largest absolute Gasteiger partial charge is 0.444 e. The molecule has 4 nitrogen and oxygen atoms in total. The molecule has 1 heterocycles. The zero-order valence-corrected chi connectivity index (χ0v) is 10.1. The Kier molecular flexibility index (Phi) is 3.91. The molecule has 0 radical (unpaired) electrons. The summed E-state index contributed by atoms with van der Waals surface area (Å²) in [5.74, 6) is 0. The van der Waals surface area contributed by atoms with Crippen molar-refractivity contribution >= 4 is 11.8 Å². The number of benzene rings is 1. The summed E-state index contributed by atoms with van der Waals surface area (Å²) in [6, 6.07) is 11.3. The quantitative estimate of drug-likeness (QED) is 0.899. The van der Waals surface area contributed by atoms with Gasteiger partial charge in [0.25, 0.3) is 0 Å². The van der Waals surface area contributed by atoms with Crippen molar-refractivity contribution in [2.24, 2.45) is 0 Å². The highest BCUT2D eigenvalue weighted by molar-refractivity contribution is 5.85.